The molecule has 0 saturated heterocycles. The van der Waals surface area contributed by atoms with Gasteiger partial charge in [0.25, 0.3) is 0 Å². The van der Waals surface area contributed by atoms with Crippen LogP contribution in [0.4, 0.5) is 0 Å². The standard InChI is InChI=1S/C10H12O11/c11-4(12)1-9(7(17)18,2-5(13)14)10(21,8(19)20)3-6(15)16/h21H,1-3H2,(H,11,12)(H,13,14)(H,15,16)(H,17,18)(H,19,20). The Labute approximate surface area is 116 Å². The number of hydrogen-bond donors (Lipinski definition) is 6. The lowest BCUT2D eigenvalue weighted by Crippen LogP contribution is -2.61. The zero-order chi connectivity index (χ0) is 17.0. The molecule has 0 bridgehead atoms. The number of rotatable bonds is 9. The van der Waals surface area contributed by atoms with Gasteiger partial charge in [-0.15, -0.1) is 0 Å². The molecule has 0 saturated carbocycles. The molecule has 0 aliphatic carbocycles. The van der Waals surface area contributed by atoms with Gasteiger partial charge in [0.2, 0.25) is 0 Å². The predicted molar refractivity (Wildman–Crippen MR) is 59.4 cm³/mol. The van der Waals surface area contributed by atoms with Crippen LogP contribution in [0.1, 0.15) is 19.3 Å². The van der Waals surface area contributed by atoms with Crippen molar-refractivity contribution in [3.05, 3.63) is 0 Å². The van der Waals surface area contributed by atoms with Crippen LogP contribution in [0.25, 0.3) is 0 Å². The minimum Gasteiger partial charge on any atom is -0.481 e. The maximum atomic E-state index is 11.3. The van der Waals surface area contributed by atoms with Gasteiger partial charge in [-0.25, -0.2) is 4.79 Å². The molecule has 0 aliphatic rings. The molecular formula is C10H12O11. The lowest BCUT2D eigenvalue weighted by atomic mass is 9.65. The lowest BCUT2D eigenvalue weighted by Gasteiger charge is -2.38. The monoisotopic (exact) mass is 308 g/mol. The van der Waals surface area contributed by atoms with Crippen LogP contribution in [0.5, 0.6) is 0 Å². The summed E-state index contributed by atoms with van der Waals surface area (Å²) < 4.78 is 0. The number of carbonyl (C=O) groups is 5. The van der Waals surface area contributed by atoms with E-state index in [9.17, 15) is 29.1 Å². The second kappa shape index (κ2) is 6.17. The van der Waals surface area contributed by atoms with Crippen molar-refractivity contribution in [2.75, 3.05) is 0 Å². The maximum absolute atomic E-state index is 11.3. The Morgan fingerprint density at radius 1 is 0.619 bits per heavy atom. The molecule has 6 N–H and O–H groups in total. The molecule has 0 aliphatic heterocycles. The first kappa shape index (κ1) is 18.3. The van der Waals surface area contributed by atoms with Crippen LogP contribution in [0, 0.1) is 5.41 Å². The summed E-state index contributed by atoms with van der Waals surface area (Å²) >= 11 is 0. The molecule has 0 heterocycles. The third-order valence-electron chi connectivity index (χ3n) is 2.87. The van der Waals surface area contributed by atoms with Crippen molar-refractivity contribution in [3.63, 3.8) is 0 Å². The van der Waals surface area contributed by atoms with Crippen LogP contribution in [-0.2, 0) is 24.0 Å². The fourth-order valence-corrected chi connectivity index (χ4v) is 1.87. The fraction of sp³-hybridized carbons (Fsp3) is 0.500. The summed E-state index contributed by atoms with van der Waals surface area (Å²) in [5.74, 6) is -10.4. The smallest absolute Gasteiger partial charge is 0.337 e. The van der Waals surface area contributed by atoms with E-state index in [1.807, 2.05) is 0 Å². The summed E-state index contributed by atoms with van der Waals surface area (Å²) in [5.41, 5.74) is -6.88. The Hall–Kier alpha value is -2.69. The minimum atomic E-state index is -3.62. The fourth-order valence-electron chi connectivity index (χ4n) is 1.87. The molecule has 11 nitrogen and oxygen atoms in total. The molecule has 0 aromatic rings. The first-order chi connectivity index (χ1) is 9.39. The quantitative estimate of drug-likeness (QED) is 0.282. The molecule has 0 amide bonds. The molecule has 0 spiro atoms. The van der Waals surface area contributed by atoms with Crippen LogP contribution >= 0.6 is 0 Å². The van der Waals surface area contributed by atoms with E-state index in [1.165, 1.54) is 0 Å². The molecule has 11 heteroatoms. The van der Waals surface area contributed by atoms with Crippen molar-refractivity contribution in [2.45, 2.75) is 24.9 Å². The molecule has 0 aromatic carbocycles. The molecule has 0 aromatic heterocycles. The van der Waals surface area contributed by atoms with Gasteiger partial charge in [-0.3, -0.25) is 19.2 Å². The average molecular weight is 308 g/mol. The third-order valence-corrected chi connectivity index (χ3v) is 2.87. The first-order valence-electron chi connectivity index (χ1n) is 5.23. The van der Waals surface area contributed by atoms with Gasteiger partial charge in [0.15, 0.2) is 5.60 Å². The SMILES string of the molecule is O=C(O)CC(O)(C(=O)O)C(CC(=O)O)(CC(=O)O)C(=O)O. The zero-order valence-corrected chi connectivity index (χ0v) is 10.3. The Morgan fingerprint density at radius 3 is 1.14 bits per heavy atom. The van der Waals surface area contributed by atoms with Gasteiger partial charge >= 0.3 is 29.8 Å². The Balaban J connectivity index is 6.31. The first-order valence-corrected chi connectivity index (χ1v) is 5.23. The van der Waals surface area contributed by atoms with E-state index in [4.69, 9.17) is 25.5 Å². The predicted octanol–water partition coefficient (Wildman–Crippen LogP) is -1.70. The van der Waals surface area contributed by atoms with Gasteiger partial charge in [-0.05, 0) is 0 Å². The number of carboxylic acid groups (broad SMARTS) is 5. The highest BCUT2D eigenvalue weighted by molar-refractivity contribution is 5.96. The third kappa shape index (κ3) is 3.66. The van der Waals surface area contributed by atoms with Gasteiger partial charge in [0.05, 0.1) is 19.3 Å². The topological polar surface area (TPSA) is 207 Å². The van der Waals surface area contributed by atoms with E-state index in [0.29, 0.717) is 0 Å². The van der Waals surface area contributed by atoms with Crippen molar-refractivity contribution in [2.24, 2.45) is 5.41 Å². The molecule has 0 rings (SSSR count). The van der Waals surface area contributed by atoms with Crippen LogP contribution in [0.3, 0.4) is 0 Å². The second-order valence-corrected chi connectivity index (χ2v) is 4.26. The van der Waals surface area contributed by atoms with Crippen molar-refractivity contribution in [1.82, 2.24) is 0 Å². The molecule has 0 fully saturated rings. The van der Waals surface area contributed by atoms with Crippen LogP contribution in [0.2, 0.25) is 0 Å². The molecular weight excluding hydrogens is 296 g/mol. The number of aliphatic hydroxyl groups is 1. The highest BCUT2D eigenvalue weighted by atomic mass is 16.4. The molecule has 1 unspecified atom stereocenters. The van der Waals surface area contributed by atoms with E-state index in [2.05, 4.69) is 0 Å². The van der Waals surface area contributed by atoms with Crippen LogP contribution in [-0.4, -0.2) is 66.1 Å². The molecule has 1 atom stereocenters. The van der Waals surface area contributed by atoms with Crippen LogP contribution in [0.15, 0.2) is 0 Å². The van der Waals surface area contributed by atoms with Crippen LogP contribution < -0.4 is 0 Å². The summed E-state index contributed by atoms with van der Waals surface area (Å²) in [6.07, 6.45) is -4.87. The minimum absolute atomic E-state index is 1.59. The highest BCUT2D eigenvalue weighted by Crippen LogP contribution is 2.42. The van der Waals surface area contributed by atoms with E-state index in [1.54, 1.807) is 0 Å². The van der Waals surface area contributed by atoms with Gasteiger partial charge in [0.1, 0.15) is 5.41 Å². The van der Waals surface area contributed by atoms with E-state index in [-0.39, 0.29) is 0 Å². The summed E-state index contributed by atoms with van der Waals surface area (Å²) in [4.78, 5) is 54.5. The summed E-state index contributed by atoms with van der Waals surface area (Å²) in [7, 11) is 0. The van der Waals surface area contributed by atoms with E-state index >= 15 is 0 Å². The second-order valence-electron chi connectivity index (χ2n) is 4.26. The largest absolute Gasteiger partial charge is 0.481 e. The maximum Gasteiger partial charge on any atom is 0.337 e. The van der Waals surface area contributed by atoms with Gasteiger partial charge in [-0.1, -0.05) is 0 Å². The Kier molecular flexibility index (Phi) is 5.38. The van der Waals surface area contributed by atoms with Crippen molar-refractivity contribution < 1.29 is 54.6 Å². The highest BCUT2D eigenvalue weighted by Gasteiger charge is 2.64. The van der Waals surface area contributed by atoms with Gasteiger partial charge < -0.3 is 30.6 Å². The summed E-state index contributed by atoms with van der Waals surface area (Å²) in [5, 5.41) is 53.9. The molecule has 118 valence electrons. The Bertz CT molecular complexity index is 477. The zero-order valence-electron chi connectivity index (χ0n) is 10.3. The average Bonchev–Trinajstić information content (AvgIpc) is 2.24. The van der Waals surface area contributed by atoms with Crippen molar-refractivity contribution in [3.8, 4) is 0 Å². The number of hydrogen-bond acceptors (Lipinski definition) is 6. The van der Waals surface area contributed by atoms with Crippen molar-refractivity contribution in [1.29, 1.82) is 0 Å². The van der Waals surface area contributed by atoms with Crippen molar-refractivity contribution >= 4 is 29.8 Å². The summed E-state index contributed by atoms with van der Waals surface area (Å²) in [6.45, 7) is 0. The molecule has 21 heavy (non-hydrogen) atoms. The van der Waals surface area contributed by atoms with Gasteiger partial charge in [0, 0.05) is 0 Å². The lowest BCUT2D eigenvalue weighted by molar-refractivity contribution is -0.199. The normalized spacial score (nSPS) is 14.0. The van der Waals surface area contributed by atoms with E-state index < -0.39 is 60.1 Å². The number of aliphatic carboxylic acids is 5. The number of carboxylic acids is 5. The summed E-state index contributed by atoms with van der Waals surface area (Å²) in [6, 6.07) is 0. The van der Waals surface area contributed by atoms with Gasteiger partial charge in [-0.2, -0.15) is 0 Å². The molecule has 0 radical (unpaired) electrons. The Morgan fingerprint density at radius 2 is 0.952 bits per heavy atom. The van der Waals surface area contributed by atoms with E-state index in [0.717, 1.165) is 0 Å².